The fraction of sp³-hybridized carbons (Fsp3) is 0.0179. The zero-order valence-electron chi connectivity index (χ0n) is 31.5. The molecule has 2 heteroatoms. The van der Waals surface area contributed by atoms with E-state index in [0.717, 1.165) is 33.7 Å². The zero-order chi connectivity index (χ0) is 38.0. The molecule has 2 nitrogen and oxygen atoms in total. The summed E-state index contributed by atoms with van der Waals surface area (Å²) in [6.07, 6.45) is 0. The van der Waals surface area contributed by atoms with E-state index >= 15 is 0 Å². The van der Waals surface area contributed by atoms with E-state index in [9.17, 15) is 0 Å². The van der Waals surface area contributed by atoms with Gasteiger partial charge in [-0.25, -0.2) is 4.98 Å². The van der Waals surface area contributed by atoms with Gasteiger partial charge in [-0.15, -0.1) is 0 Å². The lowest BCUT2D eigenvalue weighted by Gasteiger charge is -2.32. The maximum Gasteiger partial charge on any atom is 0.145 e. The van der Waals surface area contributed by atoms with Gasteiger partial charge in [0.05, 0.1) is 16.4 Å². The van der Waals surface area contributed by atoms with Crippen LogP contribution in [0.25, 0.3) is 93.8 Å². The third-order valence-electron chi connectivity index (χ3n) is 12.9. The molecular formula is C56H34N2. The third-order valence-corrected chi connectivity index (χ3v) is 12.9. The van der Waals surface area contributed by atoms with Crippen molar-refractivity contribution in [3.05, 3.63) is 229 Å². The van der Waals surface area contributed by atoms with E-state index in [2.05, 4.69) is 211 Å². The Kier molecular flexibility index (Phi) is 6.40. The Balaban J connectivity index is 1.07. The number of imidazole rings is 1. The van der Waals surface area contributed by atoms with Gasteiger partial charge in [0.25, 0.3) is 0 Å². The predicted octanol–water partition coefficient (Wildman–Crippen LogP) is 14.2. The molecule has 1 aromatic heterocycles. The minimum Gasteiger partial charge on any atom is -0.292 e. The topological polar surface area (TPSA) is 17.8 Å². The molecule has 0 saturated heterocycles. The van der Waals surface area contributed by atoms with Gasteiger partial charge in [-0.2, -0.15) is 0 Å². The van der Waals surface area contributed by atoms with Gasteiger partial charge in [-0.05, 0) is 136 Å². The van der Waals surface area contributed by atoms with Crippen LogP contribution in [0.3, 0.4) is 0 Å². The second kappa shape index (κ2) is 11.7. The summed E-state index contributed by atoms with van der Waals surface area (Å²) in [7, 11) is 0. The molecule has 11 aromatic rings. The summed E-state index contributed by atoms with van der Waals surface area (Å²) in [5.41, 5.74) is 16.9. The van der Waals surface area contributed by atoms with Gasteiger partial charge in [-0.1, -0.05) is 158 Å². The molecule has 0 radical (unpaired) electrons. The first kappa shape index (κ1) is 31.6. The standard InChI is InChI=1S/C56H34N2/c1-2-17-40(18-3-1)58-52-28-13-12-27-51(52)57-55(58)38-16-14-15-35(31-38)36-29-30-37-33-47-50(34-39(37)32-36)56(48-25-10-8-21-43(48)44-22-9-11-26-49(44)56)54-46-24-7-5-20-42(46)41-19-4-6-23-45(41)53(47)54/h1-34H. The first-order valence-corrected chi connectivity index (χ1v) is 20.1. The molecule has 2 aliphatic carbocycles. The van der Waals surface area contributed by atoms with Crippen LogP contribution in [-0.4, -0.2) is 9.55 Å². The van der Waals surface area contributed by atoms with Gasteiger partial charge in [0, 0.05) is 11.3 Å². The Morgan fingerprint density at radius 3 is 1.79 bits per heavy atom. The molecule has 0 aliphatic heterocycles. The molecule has 1 heterocycles. The number of fused-ring (bicyclic) bond motifs is 17. The van der Waals surface area contributed by atoms with Crippen LogP contribution in [0.1, 0.15) is 22.3 Å². The van der Waals surface area contributed by atoms with Crippen LogP contribution in [0.15, 0.2) is 206 Å². The smallest absolute Gasteiger partial charge is 0.145 e. The van der Waals surface area contributed by atoms with E-state index in [4.69, 9.17) is 4.98 Å². The van der Waals surface area contributed by atoms with Crippen molar-refractivity contribution in [2.45, 2.75) is 5.41 Å². The first-order valence-electron chi connectivity index (χ1n) is 20.1. The highest BCUT2D eigenvalue weighted by Crippen LogP contribution is 2.65. The Hall–Kier alpha value is -7.55. The number of hydrogen-bond donors (Lipinski definition) is 0. The van der Waals surface area contributed by atoms with Gasteiger partial charge in [0.1, 0.15) is 5.82 Å². The molecule has 0 amide bonds. The Bertz CT molecular complexity index is 3470. The highest BCUT2D eigenvalue weighted by molar-refractivity contribution is 6.20. The summed E-state index contributed by atoms with van der Waals surface area (Å²) in [6, 6.07) is 76.2. The van der Waals surface area contributed by atoms with Gasteiger partial charge in [-0.3, -0.25) is 4.57 Å². The monoisotopic (exact) mass is 734 g/mol. The van der Waals surface area contributed by atoms with Crippen molar-refractivity contribution in [3.63, 3.8) is 0 Å². The van der Waals surface area contributed by atoms with Crippen LogP contribution < -0.4 is 0 Å². The number of benzene rings is 10. The third kappa shape index (κ3) is 4.13. The number of para-hydroxylation sites is 3. The lowest BCUT2D eigenvalue weighted by atomic mass is 9.69. The Labute approximate surface area is 335 Å². The highest BCUT2D eigenvalue weighted by atomic mass is 15.1. The quantitative estimate of drug-likeness (QED) is 0.165. The van der Waals surface area contributed by atoms with Crippen LogP contribution in [0.2, 0.25) is 0 Å². The van der Waals surface area contributed by atoms with Gasteiger partial charge < -0.3 is 0 Å². The van der Waals surface area contributed by atoms with E-state index in [1.165, 1.54) is 82.4 Å². The molecule has 58 heavy (non-hydrogen) atoms. The Morgan fingerprint density at radius 1 is 0.379 bits per heavy atom. The van der Waals surface area contributed by atoms with Crippen molar-refractivity contribution in [2.24, 2.45) is 0 Å². The normalized spacial score (nSPS) is 13.3. The molecule has 0 N–H and O–H groups in total. The fourth-order valence-electron chi connectivity index (χ4n) is 10.6. The van der Waals surface area contributed by atoms with Crippen molar-refractivity contribution in [3.8, 4) is 50.5 Å². The molecule has 0 fully saturated rings. The lowest BCUT2D eigenvalue weighted by molar-refractivity contribution is 0.803. The van der Waals surface area contributed by atoms with Crippen LogP contribution in [-0.2, 0) is 5.41 Å². The summed E-state index contributed by atoms with van der Waals surface area (Å²) >= 11 is 0. The van der Waals surface area contributed by atoms with E-state index in [1.807, 2.05) is 0 Å². The molecule has 1 spiro atoms. The van der Waals surface area contributed by atoms with Crippen LogP contribution in [0.4, 0.5) is 0 Å². The van der Waals surface area contributed by atoms with Crippen molar-refractivity contribution < 1.29 is 0 Å². The summed E-state index contributed by atoms with van der Waals surface area (Å²) in [6.45, 7) is 0. The number of hydrogen-bond acceptors (Lipinski definition) is 1. The number of rotatable bonds is 3. The molecule has 13 rings (SSSR count). The maximum atomic E-state index is 5.19. The summed E-state index contributed by atoms with van der Waals surface area (Å²) in [5.74, 6) is 0.936. The van der Waals surface area contributed by atoms with E-state index in [1.54, 1.807) is 0 Å². The van der Waals surface area contributed by atoms with E-state index < -0.39 is 5.41 Å². The summed E-state index contributed by atoms with van der Waals surface area (Å²) in [4.78, 5) is 5.19. The van der Waals surface area contributed by atoms with Gasteiger partial charge >= 0.3 is 0 Å². The van der Waals surface area contributed by atoms with Crippen LogP contribution >= 0.6 is 0 Å². The molecular weight excluding hydrogens is 701 g/mol. The van der Waals surface area contributed by atoms with Crippen molar-refractivity contribution in [1.82, 2.24) is 9.55 Å². The van der Waals surface area contributed by atoms with Crippen molar-refractivity contribution >= 4 is 43.4 Å². The SMILES string of the molecule is c1ccc(-n2c(-c3cccc(-c4ccc5cc6c(cc5c4)C4(c5ccccc5-c5ccccc54)c4c-6c5ccccc5c5ccccc45)c3)nc3ccccc32)cc1. The summed E-state index contributed by atoms with van der Waals surface area (Å²) in [5, 5.41) is 7.71. The minimum atomic E-state index is -0.470. The van der Waals surface area contributed by atoms with E-state index in [0.29, 0.717) is 0 Å². The number of nitrogens with zero attached hydrogens (tertiary/aromatic N) is 2. The molecule has 0 bridgehead atoms. The van der Waals surface area contributed by atoms with Crippen LogP contribution in [0.5, 0.6) is 0 Å². The Morgan fingerprint density at radius 2 is 1.00 bits per heavy atom. The zero-order valence-corrected chi connectivity index (χ0v) is 31.5. The average Bonchev–Trinajstić information content (AvgIpc) is 3.93. The van der Waals surface area contributed by atoms with Gasteiger partial charge in [0.2, 0.25) is 0 Å². The molecule has 2 aliphatic rings. The average molecular weight is 735 g/mol. The van der Waals surface area contributed by atoms with E-state index in [-0.39, 0.29) is 0 Å². The molecule has 0 unspecified atom stereocenters. The molecule has 0 atom stereocenters. The highest BCUT2D eigenvalue weighted by Gasteiger charge is 2.53. The fourth-order valence-corrected chi connectivity index (χ4v) is 10.6. The van der Waals surface area contributed by atoms with Crippen molar-refractivity contribution in [2.75, 3.05) is 0 Å². The second-order valence-corrected chi connectivity index (χ2v) is 15.8. The van der Waals surface area contributed by atoms with Crippen LogP contribution in [0, 0.1) is 0 Å². The molecule has 268 valence electrons. The minimum absolute atomic E-state index is 0.470. The maximum absolute atomic E-state index is 5.19. The predicted molar refractivity (Wildman–Crippen MR) is 241 cm³/mol. The molecule has 10 aromatic carbocycles. The van der Waals surface area contributed by atoms with Gasteiger partial charge in [0.15, 0.2) is 0 Å². The van der Waals surface area contributed by atoms with Crippen molar-refractivity contribution in [1.29, 1.82) is 0 Å². The summed E-state index contributed by atoms with van der Waals surface area (Å²) < 4.78 is 2.28. The lowest BCUT2D eigenvalue weighted by Crippen LogP contribution is -2.26. The first-order chi connectivity index (χ1) is 28.8. The number of aromatic nitrogens is 2. The molecule has 0 saturated carbocycles. The second-order valence-electron chi connectivity index (χ2n) is 15.8. The largest absolute Gasteiger partial charge is 0.292 e.